The summed E-state index contributed by atoms with van der Waals surface area (Å²) in [5, 5.41) is 12.1. The van der Waals surface area contributed by atoms with Crippen molar-refractivity contribution in [1.29, 1.82) is 0 Å². The van der Waals surface area contributed by atoms with Gasteiger partial charge in [0.2, 0.25) is 6.41 Å². The Kier molecular flexibility index (Phi) is 5.53. The van der Waals surface area contributed by atoms with E-state index in [1.54, 1.807) is 12.4 Å². The minimum Gasteiger partial charge on any atom is -0.354 e. The van der Waals surface area contributed by atoms with Gasteiger partial charge in [-0.05, 0) is 49.9 Å². The molecule has 0 aromatic carbocycles. The molecule has 3 heterocycles. The molecular weight excluding hydrogens is 352 g/mol. The fraction of sp³-hybridized carbons (Fsp3) is 0.381. The molecular formula is C21H24N6O. The van der Waals surface area contributed by atoms with Gasteiger partial charge in [0.1, 0.15) is 0 Å². The summed E-state index contributed by atoms with van der Waals surface area (Å²) in [5.74, 6) is 0.334. The molecule has 7 heteroatoms. The second kappa shape index (κ2) is 8.39. The van der Waals surface area contributed by atoms with E-state index in [0.29, 0.717) is 0 Å². The number of nitrogens with two attached hydrogens (primary N) is 1. The molecule has 2 aromatic rings. The highest BCUT2D eigenvalue weighted by Gasteiger charge is 2.38. The predicted octanol–water partition coefficient (Wildman–Crippen LogP) is 1.93. The smallest absolute Gasteiger partial charge is 0.207 e. The van der Waals surface area contributed by atoms with E-state index in [9.17, 15) is 4.79 Å². The summed E-state index contributed by atoms with van der Waals surface area (Å²) >= 11 is 0. The molecule has 4 rings (SSSR count). The topological polar surface area (TPSA) is 106 Å². The number of hydrogen-bond donors (Lipinski definition) is 2. The van der Waals surface area contributed by atoms with Gasteiger partial charge < -0.3 is 11.1 Å². The first-order valence-electron chi connectivity index (χ1n) is 9.71. The molecule has 0 spiro atoms. The number of carbonyl (C=O) groups excluding carboxylic acids is 1. The van der Waals surface area contributed by atoms with Crippen LogP contribution in [0.5, 0.6) is 0 Å². The Labute approximate surface area is 164 Å². The average Bonchev–Trinajstić information content (AvgIpc) is 2.75. The lowest BCUT2D eigenvalue weighted by Gasteiger charge is -2.36. The number of amides is 1. The van der Waals surface area contributed by atoms with Crippen molar-refractivity contribution in [2.24, 2.45) is 27.8 Å². The molecule has 1 aliphatic heterocycles. The first kappa shape index (κ1) is 18.4. The van der Waals surface area contributed by atoms with E-state index in [-0.39, 0.29) is 23.9 Å². The minimum atomic E-state index is -0.0756. The lowest BCUT2D eigenvalue weighted by Crippen LogP contribution is -2.48. The maximum Gasteiger partial charge on any atom is 0.207 e. The molecule has 4 unspecified atom stereocenters. The Morgan fingerprint density at radius 3 is 1.93 bits per heavy atom. The highest BCUT2D eigenvalue weighted by Crippen LogP contribution is 2.35. The Morgan fingerprint density at radius 1 is 0.857 bits per heavy atom. The van der Waals surface area contributed by atoms with Gasteiger partial charge in [0.15, 0.2) is 0 Å². The molecule has 0 radical (unpaired) electrons. The molecule has 1 fully saturated rings. The van der Waals surface area contributed by atoms with Crippen molar-refractivity contribution in [2.45, 2.75) is 37.8 Å². The SMILES string of the molecule is NC1CCC2C(c3ccccn3)=NN=C(c3ccccn3)C2CCC1NC=O. The van der Waals surface area contributed by atoms with E-state index in [4.69, 9.17) is 5.73 Å². The van der Waals surface area contributed by atoms with Gasteiger partial charge in [0.25, 0.3) is 0 Å². The summed E-state index contributed by atoms with van der Waals surface area (Å²) in [5.41, 5.74) is 9.90. The third-order valence-corrected chi connectivity index (χ3v) is 5.71. The lowest BCUT2D eigenvalue weighted by atomic mass is 9.72. The number of fused-ring (bicyclic) bond motifs is 1. The van der Waals surface area contributed by atoms with Gasteiger partial charge in [0, 0.05) is 36.3 Å². The number of hydrogen-bond acceptors (Lipinski definition) is 6. The second-order valence-electron chi connectivity index (χ2n) is 7.32. The van der Waals surface area contributed by atoms with Crippen LogP contribution >= 0.6 is 0 Å². The molecule has 144 valence electrons. The van der Waals surface area contributed by atoms with Gasteiger partial charge in [-0.2, -0.15) is 10.2 Å². The highest BCUT2D eigenvalue weighted by atomic mass is 16.1. The first-order chi connectivity index (χ1) is 13.8. The van der Waals surface area contributed by atoms with Crippen LogP contribution in [0, 0.1) is 11.8 Å². The fourth-order valence-corrected chi connectivity index (χ4v) is 4.26. The largest absolute Gasteiger partial charge is 0.354 e. The molecule has 2 aliphatic rings. The van der Waals surface area contributed by atoms with Gasteiger partial charge in [-0.15, -0.1) is 0 Å². The van der Waals surface area contributed by atoms with Crippen LogP contribution in [0.15, 0.2) is 59.0 Å². The number of aromatic nitrogens is 2. The number of carbonyl (C=O) groups is 1. The fourth-order valence-electron chi connectivity index (χ4n) is 4.26. The molecule has 4 atom stereocenters. The molecule has 1 amide bonds. The van der Waals surface area contributed by atoms with Crippen molar-refractivity contribution in [1.82, 2.24) is 15.3 Å². The molecule has 0 saturated heterocycles. The van der Waals surface area contributed by atoms with Crippen LogP contribution in [-0.4, -0.2) is 39.9 Å². The van der Waals surface area contributed by atoms with Crippen molar-refractivity contribution >= 4 is 17.8 Å². The molecule has 7 nitrogen and oxygen atoms in total. The summed E-state index contributed by atoms with van der Waals surface area (Å²) < 4.78 is 0. The summed E-state index contributed by atoms with van der Waals surface area (Å²) in [6, 6.07) is 11.6. The molecule has 2 aromatic heterocycles. The Balaban J connectivity index is 1.73. The molecule has 1 aliphatic carbocycles. The number of nitrogens with one attached hydrogen (secondary N) is 1. The van der Waals surface area contributed by atoms with E-state index in [1.165, 1.54) is 0 Å². The average molecular weight is 376 g/mol. The maximum absolute atomic E-state index is 11.0. The predicted molar refractivity (Wildman–Crippen MR) is 108 cm³/mol. The van der Waals surface area contributed by atoms with Crippen molar-refractivity contribution in [3.8, 4) is 0 Å². The summed E-state index contributed by atoms with van der Waals surface area (Å²) in [6.45, 7) is 0. The van der Waals surface area contributed by atoms with Crippen LogP contribution in [0.1, 0.15) is 37.1 Å². The third kappa shape index (κ3) is 3.71. The highest BCUT2D eigenvalue weighted by molar-refractivity contribution is 6.10. The zero-order valence-electron chi connectivity index (χ0n) is 15.6. The minimum absolute atomic E-state index is 0.0272. The molecule has 28 heavy (non-hydrogen) atoms. The Morgan fingerprint density at radius 2 is 1.43 bits per heavy atom. The van der Waals surface area contributed by atoms with Gasteiger partial charge >= 0.3 is 0 Å². The second-order valence-corrected chi connectivity index (χ2v) is 7.32. The van der Waals surface area contributed by atoms with E-state index in [0.717, 1.165) is 54.9 Å². The van der Waals surface area contributed by atoms with Crippen LogP contribution in [0.25, 0.3) is 0 Å². The van der Waals surface area contributed by atoms with Gasteiger partial charge in [-0.3, -0.25) is 14.8 Å². The van der Waals surface area contributed by atoms with E-state index in [2.05, 4.69) is 25.5 Å². The van der Waals surface area contributed by atoms with Crippen LogP contribution in [0.2, 0.25) is 0 Å². The van der Waals surface area contributed by atoms with Crippen molar-refractivity contribution in [3.63, 3.8) is 0 Å². The summed E-state index contributed by atoms with van der Waals surface area (Å²) in [6.07, 6.45) is 7.62. The van der Waals surface area contributed by atoms with E-state index >= 15 is 0 Å². The van der Waals surface area contributed by atoms with Crippen LogP contribution in [-0.2, 0) is 4.79 Å². The zero-order chi connectivity index (χ0) is 19.3. The van der Waals surface area contributed by atoms with E-state index < -0.39 is 0 Å². The number of rotatable bonds is 4. The Bertz CT molecular complexity index is 867. The normalized spacial score (nSPS) is 27.5. The quantitative estimate of drug-likeness (QED) is 0.795. The summed E-state index contributed by atoms with van der Waals surface area (Å²) in [4.78, 5) is 20.0. The lowest BCUT2D eigenvalue weighted by molar-refractivity contribution is -0.110. The van der Waals surface area contributed by atoms with Crippen molar-refractivity contribution in [2.75, 3.05) is 0 Å². The van der Waals surface area contributed by atoms with Crippen molar-refractivity contribution in [3.05, 3.63) is 60.2 Å². The molecule has 3 N–H and O–H groups in total. The standard InChI is InChI=1S/C21H24N6O/c22-16-9-7-14-15(8-10-17(16)25-13-28)21(19-6-2-4-12-24-19)27-26-20(14)18-5-1-3-11-23-18/h1-6,11-17H,7-10,22H2,(H,25,28). The van der Waals surface area contributed by atoms with Crippen molar-refractivity contribution < 1.29 is 4.79 Å². The monoisotopic (exact) mass is 376 g/mol. The number of pyridine rings is 2. The van der Waals surface area contributed by atoms with E-state index in [1.807, 2.05) is 36.4 Å². The Hall–Kier alpha value is -2.93. The van der Waals surface area contributed by atoms with Crippen LogP contribution in [0.3, 0.4) is 0 Å². The first-order valence-corrected chi connectivity index (χ1v) is 9.71. The molecule has 1 saturated carbocycles. The zero-order valence-corrected chi connectivity index (χ0v) is 15.6. The summed E-state index contributed by atoms with van der Waals surface area (Å²) in [7, 11) is 0. The maximum atomic E-state index is 11.0. The van der Waals surface area contributed by atoms with Gasteiger partial charge in [0.05, 0.1) is 22.8 Å². The molecule has 0 bridgehead atoms. The van der Waals surface area contributed by atoms with Gasteiger partial charge in [-0.25, -0.2) is 0 Å². The third-order valence-electron chi connectivity index (χ3n) is 5.71. The number of nitrogens with zero attached hydrogens (tertiary/aromatic N) is 4. The van der Waals surface area contributed by atoms with Crippen LogP contribution in [0.4, 0.5) is 0 Å². The van der Waals surface area contributed by atoms with Gasteiger partial charge in [-0.1, -0.05) is 12.1 Å². The van der Waals surface area contributed by atoms with Crippen LogP contribution < -0.4 is 11.1 Å².